The molecule has 1 saturated carbocycles. The predicted octanol–water partition coefficient (Wildman–Crippen LogP) is 2.37. The van der Waals surface area contributed by atoms with Crippen LogP contribution < -0.4 is 10.6 Å². The summed E-state index contributed by atoms with van der Waals surface area (Å²) in [4.78, 5) is 21.1. The van der Waals surface area contributed by atoms with Gasteiger partial charge in [-0.1, -0.05) is 0 Å². The van der Waals surface area contributed by atoms with Gasteiger partial charge in [-0.25, -0.2) is 9.97 Å². The van der Waals surface area contributed by atoms with Gasteiger partial charge in [0.05, 0.1) is 18.3 Å². The number of alkyl halides is 3. The van der Waals surface area contributed by atoms with Crippen LogP contribution in [0.15, 0.2) is 18.5 Å². The van der Waals surface area contributed by atoms with E-state index in [-0.39, 0.29) is 23.7 Å². The van der Waals surface area contributed by atoms with E-state index in [2.05, 4.69) is 30.8 Å². The molecule has 0 bridgehead atoms. The Morgan fingerprint density at radius 1 is 1.22 bits per heavy atom. The molecular weight excluding hydrogens is 361 g/mol. The SMILES string of the molecule is Cc1cc(C(=O)N[C@H]2CC[C@H](NCC(F)(F)F)CC2)nc(-c2cn[nH]c2)n1. The van der Waals surface area contributed by atoms with E-state index in [1.807, 2.05) is 0 Å². The van der Waals surface area contributed by atoms with Crippen molar-refractivity contribution in [1.82, 2.24) is 30.8 Å². The molecule has 1 fully saturated rings. The number of hydrogen-bond acceptors (Lipinski definition) is 5. The van der Waals surface area contributed by atoms with Crippen LogP contribution in [0.1, 0.15) is 41.9 Å². The van der Waals surface area contributed by atoms with E-state index in [1.165, 1.54) is 0 Å². The number of H-pyrrole nitrogens is 1. The lowest BCUT2D eigenvalue weighted by molar-refractivity contribution is -0.126. The fourth-order valence-corrected chi connectivity index (χ4v) is 3.15. The molecule has 27 heavy (non-hydrogen) atoms. The van der Waals surface area contributed by atoms with Crippen molar-refractivity contribution in [1.29, 1.82) is 0 Å². The normalized spacial score (nSPS) is 20.4. The zero-order chi connectivity index (χ0) is 19.4. The molecule has 1 amide bonds. The van der Waals surface area contributed by atoms with E-state index in [4.69, 9.17) is 0 Å². The molecule has 3 rings (SSSR count). The number of nitrogens with zero attached hydrogens (tertiary/aromatic N) is 3. The first-order valence-corrected chi connectivity index (χ1v) is 8.76. The van der Waals surface area contributed by atoms with Gasteiger partial charge in [-0.2, -0.15) is 18.3 Å². The van der Waals surface area contributed by atoms with Crippen molar-refractivity contribution in [2.24, 2.45) is 0 Å². The van der Waals surface area contributed by atoms with Crippen molar-refractivity contribution in [3.8, 4) is 11.4 Å². The molecule has 0 aliphatic heterocycles. The summed E-state index contributed by atoms with van der Waals surface area (Å²) in [6, 6.07) is 1.36. The molecule has 2 aromatic rings. The first-order valence-electron chi connectivity index (χ1n) is 8.76. The van der Waals surface area contributed by atoms with Gasteiger partial charge >= 0.3 is 6.18 Å². The number of hydrogen-bond donors (Lipinski definition) is 3. The molecule has 10 heteroatoms. The molecule has 0 spiro atoms. The van der Waals surface area contributed by atoms with Crippen molar-refractivity contribution < 1.29 is 18.0 Å². The quantitative estimate of drug-likeness (QED) is 0.738. The highest BCUT2D eigenvalue weighted by molar-refractivity contribution is 5.93. The second-order valence-electron chi connectivity index (χ2n) is 6.72. The highest BCUT2D eigenvalue weighted by atomic mass is 19.4. The Morgan fingerprint density at radius 3 is 2.56 bits per heavy atom. The standard InChI is InChI=1S/C17H21F3N6O/c1-10-6-14(26-15(24-10)11-7-22-23-8-11)16(27)25-13-4-2-12(3-5-13)21-9-17(18,19)20/h6-8,12-13,21H,2-5,9H2,1H3,(H,22,23)(H,25,27)/t12-,13-. The molecule has 0 aromatic carbocycles. The largest absolute Gasteiger partial charge is 0.401 e. The number of amides is 1. The average Bonchev–Trinajstić information content (AvgIpc) is 3.14. The summed E-state index contributed by atoms with van der Waals surface area (Å²) in [6.45, 7) is 0.797. The molecule has 2 aromatic heterocycles. The highest BCUT2D eigenvalue weighted by Crippen LogP contribution is 2.21. The van der Waals surface area contributed by atoms with Crippen molar-refractivity contribution in [3.05, 3.63) is 29.8 Å². The number of nitrogens with one attached hydrogen (secondary N) is 3. The Balaban J connectivity index is 1.56. The number of aromatic nitrogens is 4. The molecule has 7 nitrogen and oxygen atoms in total. The van der Waals surface area contributed by atoms with Crippen LogP contribution in [0.25, 0.3) is 11.4 Å². The lowest BCUT2D eigenvalue weighted by Gasteiger charge is -2.30. The number of aryl methyl sites for hydroxylation is 1. The fraction of sp³-hybridized carbons (Fsp3) is 0.529. The summed E-state index contributed by atoms with van der Waals surface area (Å²) in [5.41, 5.74) is 1.60. The van der Waals surface area contributed by atoms with Crippen LogP contribution in [0.3, 0.4) is 0 Å². The van der Waals surface area contributed by atoms with Gasteiger partial charge in [0, 0.05) is 24.0 Å². The van der Waals surface area contributed by atoms with Crippen molar-refractivity contribution in [3.63, 3.8) is 0 Å². The number of carbonyl (C=O) groups excluding carboxylic acids is 1. The summed E-state index contributed by atoms with van der Waals surface area (Å²) in [6.07, 6.45) is 1.44. The molecule has 0 saturated heterocycles. The van der Waals surface area contributed by atoms with Crippen LogP contribution in [-0.4, -0.2) is 50.9 Å². The molecule has 1 aliphatic carbocycles. The van der Waals surface area contributed by atoms with Gasteiger partial charge in [0.1, 0.15) is 5.69 Å². The third-order valence-corrected chi connectivity index (χ3v) is 4.50. The Bertz CT molecular complexity index is 769. The van der Waals surface area contributed by atoms with E-state index in [1.54, 1.807) is 25.4 Å². The Kier molecular flexibility index (Phi) is 5.73. The Morgan fingerprint density at radius 2 is 1.93 bits per heavy atom. The lowest BCUT2D eigenvalue weighted by atomic mass is 9.91. The van der Waals surface area contributed by atoms with Gasteiger partial charge in [-0.15, -0.1) is 0 Å². The summed E-state index contributed by atoms with van der Waals surface area (Å²) in [7, 11) is 0. The number of rotatable bonds is 5. The van der Waals surface area contributed by atoms with E-state index in [0.29, 0.717) is 42.8 Å². The molecule has 2 heterocycles. The molecular formula is C17H21F3N6O. The summed E-state index contributed by atoms with van der Waals surface area (Å²) < 4.78 is 36.8. The van der Waals surface area contributed by atoms with E-state index in [0.717, 1.165) is 0 Å². The summed E-state index contributed by atoms with van der Waals surface area (Å²) in [5.74, 6) is 0.103. The van der Waals surface area contributed by atoms with Crippen LogP contribution in [0.4, 0.5) is 13.2 Å². The van der Waals surface area contributed by atoms with Gasteiger partial charge in [-0.05, 0) is 38.7 Å². The predicted molar refractivity (Wildman–Crippen MR) is 91.9 cm³/mol. The third kappa shape index (κ3) is 5.49. The summed E-state index contributed by atoms with van der Waals surface area (Å²) in [5, 5.41) is 12.0. The van der Waals surface area contributed by atoms with E-state index >= 15 is 0 Å². The number of carbonyl (C=O) groups is 1. The average molecular weight is 382 g/mol. The zero-order valence-electron chi connectivity index (χ0n) is 14.8. The zero-order valence-corrected chi connectivity index (χ0v) is 14.8. The molecule has 0 atom stereocenters. The topological polar surface area (TPSA) is 95.6 Å². The first-order chi connectivity index (χ1) is 12.8. The smallest absolute Gasteiger partial charge is 0.348 e. The van der Waals surface area contributed by atoms with Crippen LogP contribution in [0, 0.1) is 6.92 Å². The fourth-order valence-electron chi connectivity index (χ4n) is 3.15. The molecule has 1 aliphatic rings. The molecule has 146 valence electrons. The minimum Gasteiger partial charge on any atom is -0.348 e. The molecule has 0 radical (unpaired) electrons. The van der Waals surface area contributed by atoms with Gasteiger partial charge in [0.2, 0.25) is 0 Å². The first kappa shape index (κ1) is 19.3. The van der Waals surface area contributed by atoms with Crippen molar-refractivity contribution >= 4 is 5.91 Å². The molecule has 3 N–H and O–H groups in total. The molecule has 0 unspecified atom stereocenters. The van der Waals surface area contributed by atoms with Gasteiger partial charge < -0.3 is 10.6 Å². The second kappa shape index (κ2) is 8.03. The third-order valence-electron chi connectivity index (χ3n) is 4.50. The highest BCUT2D eigenvalue weighted by Gasteiger charge is 2.30. The minimum atomic E-state index is -4.21. The Hall–Kier alpha value is -2.49. The van der Waals surface area contributed by atoms with Crippen molar-refractivity contribution in [2.75, 3.05) is 6.54 Å². The van der Waals surface area contributed by atoms with Gasteiger partial charge in [0.15, 0.2) is 5.82 Å². The summed E-state index contributed by atoms with van der Waals surface area (Å²) >= 11 is 0. The Labute approximate surface area is 154 Å². The van der Waals surface area contributed by atoms with Gasteiger partial charge in [0.25, 0.3) is 5.91 Å². The van der Waals surface area contributed by atoms with Crippen LogP contribution in [0.5, 0.6) is 0 Å². The van der Waals surface area contributed by atoms with Gasteiger partial charge in [-0.3, -0.25) is 9.89 Å². The van der Waals surface area contributed by atoms with Crippen LogP contribution in [0.2, 0.25) is 0 Å². The van der Waals surface area contributed by atoms with E-state index in [9.17, 15) is 18.0 Å². The monoisotopic (exact) mass is 382 g/mol. The maximum Gasteiger partial charge on any atom is 0.401 e. The lowest BCUT2D eigenvalue weighted by Crippen LogP contribution is -2.44. The number of aromatic amines is 1. The number of halogens is 3. The van der Waals surface area contributed by atoms with Crippen LogP contribution >= 0.6 is 0 Å². The maximum atomic E-state index is 12.5. The van der Waals surface area contributed by atoms with Crippen molar-refractivity contribution in [2.45, 2.75) is 50.9 Å². The maximum absolute atomic E-state index is 12.5. The van der Waals surface area contributed by atoms with E-state index < -0.39 is 12.7 Å². The van der Waals surface area contributed by atoms with Crippen LogP contribution in [-0.2, 0) is 0 Å². The minimum absolute atomic E-state index is 0.0749. The second-order valence-corrected chi connectivity index (χ2v) is 6.72.